The Morgan fingerprint density at radius 3 is 2.50 bits per heavy atom. The van der Waals surface area contributed by atoms with Crippen molar-refractivity contribution in [2.45, 2.75) is 18.3 Å². The minimum Gasteiger partial charge on any atom is -0.231 e. The fraction of sp³-hybridized carbons (Fsp3) is 0.429. The van der Waals surface area contributed by atoms with Gasteiger partial charge in [0.15, 0.2) is 12.5 Å². The van der Waals surface area contributed by atoms with Crippen molar-refractivity contribution in [1.29, 1.82) is 0 Å². The second-order valence-corrected chi connectivity index (χ2v) is 11.4. The molecule has 12 heavy (non-hydrogen) atoms. The van der Waals surface area contributed by atoms with Crippen LogP contribution in [0.2, 0.25) is 13.1 Å². The summed E-state index contributed by atoms with van der Waals surface area (Å²) < 4.78 is 0. The topological polar surface area (TPSA) is 25.8 Å². The van der Waals surface area contributed by atoms with Gasteiger partial charge in [0.05, 0.1) is 0 Å². The molecule has 0 aliphatic heterocycles. The minimum absolute atomic E-state index is 0.818. The average molecular weight is 219 g/mol. The summed E-state index contributed by atoms with van der Waals surface area (Å²) in [5.74, 6) is 0. The Morgan fingerprint density at radius 1 is 1.42 bits per heavy atom. The summed E-state index contributed by atoms with van der Waals surface area (Å²) in [6, 6.07) is 1.81. The number of halogens is 1. The molecule has 0 N–H and O–H groups in total. The van der Waals surface area contributed by atoms with Crippen molar-refractivity contribution in [3.8, 4) is 0 Å². The second kappa shape index (κ2) is 4.25. The highest BCUT2D eigenvalue weighted by Gasteiger charge is 2.17. The van der Waals surface area contributed by atoms with E-state index in [2.05, 4.69) is 23.1 Å². The van der Waals surface area contributed by atoms with E-state index in [1.807, 2.05) is 6.07 Å². The summed E-state index contributed by atoms with van der Waals surface area (Å²) >= 11 is 7.78. The molecule has 0 aromatic carbocycles. The molecule has 0 aliphatic rings. The van der Waals surface area contributed by atoms with Crippen LogP contribution in [0.4, 0.5) is 0 Å². The van der Waals surface area contributed by atoms with Crippen LogP contribution in [-0.4, -0.2) is 22.7 Å². The van der Waals surface area contributed by atoms with E-state index >= 15 is 0 Å². The Kier molecular flexibility index (Phi) is 3.55. The van der Waals surface area contributed by atoms with Crippen molar-refractivity contribution < 1.29 is 0 Å². The van der Waals surface area contributed by atoms with Crippen LogP contribution in [-0.2, 0) is 0 Å². The van der Waals surface area contributed by atoms with E-state index < -0.39 is 7.38 Å². The number of nitrogens with zero attached hydrogens (tertiary/aromatic N) is 2. The predicted octanol–water partition coefficient (Wildman–Crippen LogP) is 2.55. The highest BCUT2D eigenvalue weighted by molar-refractivity contribution is 8.01. The van der Waals surface area contributed by atoms with Crippen molar-refractivity contribution in [2.75, 3.05) is 5.38 Å². The molecule has 1 heterocycles. The fourth-order valence-corrected chi connectivity index (χ4v) is 3.25. The maximum atomic E-state index is 6.15. The minimum atomic E-state index is -1.48. The summed E-state index contributed by atoms with van der Waals surface area (Å²) in [7, 11) is -1.48. The van der Waals surface area contributed by atoms with Crippen molar-refractivity contribution >= 4 is 30.2 Å². The highest BCUT2D eigenvalue weighted by Crippen LogP contribution is 2.19. The molecule has 0 bridgehead atoms. The smallest absolute Gasteiger partial charge is 0.187 e. The van der Waals surface area contributed by atoms with Crippen molar-refractivity contribution in [3.63, 3.8) is 0 Å². The third kappa shape index (κ3) is 4.09. The van der Waals surface area contributed by atoms with E-state index in [1.54, 1.807) is 24.2 Å². The zero-order valence-electron chi connectivity index (χ0n) is 7.12. The molecule has 0 saturated heterocycles. The molecule has 1 rings (SSSR count). The van der Waals surface area contributed by atoms with Crippen molar-refractivity contribution in [2.24, 2.45) is 0 Å². The molecule has 0 radical (unpaired) electrons. The van der Waals surface area contributed by atoms with Gasteiger partial charge in [-0.25, -0.2) is 9.97 Å². The SMILES string of the molecule is C[Si](C)(Cl)CSc1ncccn1. The molecular weight excluding hydrogens is 208 g/mol. The Hall–Kier alpha value is -0.0631. The van der Waals surface area contributed by atoms with Gasteiger partial charge in [0.25, 0.3) is 0 Å². The molecular formula is C7H11ClN2SSi. The van der Waals surface area contributed by atoms with Gasteiger partial charge in [0.2, 0.25) is 0 Å². The van der Waals surface area contributed by atoms with E-state index in [-0.39, 0.29) is 0 Å². The van der Waals surface area contributed by atoms with Crippen LogP contribution in [0.5, 0.6) is 0 Å². The van der Waals surface area contributed by atoms with Crippen LogP contribution in [0.15, 0.2) is 23.6 Å². The standard InChI is InChI=1S/C7H11ClN2SSi/c1-12(2,8)6-11-7-9-4-3-5-10-7/h3-5H,6H2,1-2H3. The quantitative estimate of drug-likeness (QED) is 0.338. The lowest BCUT2D eigenvalue weighted by molar-refractivity contribution is 0.969. The van der Waals surface area contributed by atoms with Gasteiger partial charge < -0.3 is 0 Å². The van der Waals surface area contributed by atoms with Gasteiger partial charge >= 0.3 is 0 Å². The van der Waals surface area contributed by atoms with Crippen LogP contribution >= 0.6 is 22.8 Å². The van der Waals surface area contributed by atoms with Gasteiger partial charge in [-0.15, -0.1) is 0 Å². The first-order valence-electron chi connectivity index (χ1n) is 3.67. The zero-order chi connectivity index (χ0) is 9.03. The first-order chi connectivity index (χ1) is 5.58. The predicted molar refractivity (Wildman–Crippen MR) is 56.1 cm³/mol. The molecule has 0 saturated carbocycles. The van der Waals surface area contributed by atoms with Crippen LogP contribution in [0, 0.1) is 0 Å². The lowest BCUT2D eigenvalue weighted by Gasteiger charge is -2.10. The Bertz CT molecular complexity index is 237. The molecule has 0 atom stereocenters. The number of rotatable bonds is 3. The van der Waals surface area contributed by atoms with E-state index in [1.165, 1.54) is 0 Å². The second-order valence-electron chi connectivity index (χ2n) is 3.04. The molecule has 5 heteroatoms. The van der Waals surface area contributed by atoms with Gasteiger partial charge in [-0.3, -0.25) is 0 Å². The first-order valence-corrected chi connectivity index (χ1v) is 8.87. The molecule has 0 fully saturated rings. The van der Waals surface area contributed by atoms with Crippen LogP contribution in [0.3, 0.4) is 0 Å². The molecule has 1 aromatic rings. The Balaban J connectivity index is 2.44. The molecule has 0 spiro atoms. The molecule has 2 nitrogen and oxygen atoms in total. The van der Waals surface area contributed by atoms with Gasteiger partial charge in [-0.2, -0.15) is 11.1 Å². The number of aromatic nitrogens is 2. The summed E-state index contributed by atoms with van der Waals surface area (Å²) in [5, 5.41) is 1.78. The Labute approximate surface area is 82.5 Å². The zero-order valence-corrected chi connectivity index (χ0v) is 9.69. The summed E-state index contributed by atoms with van der Waals surface area (Å²) in [5.41, 5.74) is 0. The molecule has 0 unspecified atom stereocenters. The molecule has 0 aliphatic carbocycles. The Morgan fingerprint density at radius 2 is 2.00 bits per heavy atom. The third-order valence-electron chi connectivity index (χ3n) is 1.09. The largest absolute Gasteiger partial charge is 0.231 e. The summed E-state index contributed by atoms with van der Waals surface area (Å²) in [6.07, 6.45) is 3.50. The van der Waals surface area contributed by atoms with Gasteiger partial charge in [-0.1, -0.05) is 24.9 Å². The maximum absolute atomic E-state index is 6.15. The molecule has 66 valence electrons. The number of hydrogen-bond acceptors (Lipinski definition) is 3. The van der Waals surface area contributed by atoms with Gasteiger partial charge in [0.1, 0.15) is 0 Å². The number of hydrogen-bond donors (Lipinski definition) is 0. The lowest BCUT2D eigenvalue weighted by Crippen LogP contribution is -2.20. The first kappa shape index (κ1) is 10.0. The summed E-state index contributed by atoms with van der Waals surface area (Å²) in [4.78, 5) is 8.19. The highest BCUT2D eigenvalue weighted by atomic mass is 35.6. The van der Waals surface area contributed by atoms with Gasteiger partial charge in [-0.05, 0) is 6.07 Å². The molecule has 1 aromatic heterocycles. The van der Waals surface area contributed by atoms with E-state index in [0.717, 1.165) is 10.5 Å². The van der Waals surface area contributed by atoms with Gasteiger partial charge in [0, 0.05) is 17.8 Å². The van der Waals surface area contributed by atoms with Crippen molar-refractivity contribution in [1.82, 2.24) is 9.97 Å². The maximum Gasteiger partial charge on any atom is 0.187 e. The average Bonchev–Trinajstić information content (AvgIpc) is 2.02. The monoisotopic (exact) mass is 218 g/mol. The van der Waals surface area contributed by atoms with E-state index in [4.69, 9.17) is 11.1 Å². The fourth-order valence-electron chi connectivity index (χ4n) is 0.596. The van der Waals surface area contributed by atoms with E-state index in [0.29, 0.717) is 0 Å². The third-order valence-corrected chi connectivity index (χ3v) is 5.86. The molecule has 0 amide bonds. The van der Waals surface area contributed by atoms with E-state index in [9.17, 15) is 0 Å². The normalized spacial score (nSPS) is 11.6. The van der Waals surface area contributed by atoms with Crippen LogP contribution < -0.4 is 0 Å². The van der Waals surface area contributed by atoms with Crippen LogP contribution in [0.25, 0.3) is 0 Å². The summed E-state index contributed by atoms with van der Waals surface area (Å²) in [6.45, 7) is 4.23. The van der Waals surface area contributed by atoms with Crippen molar-refractivity contribution in [3.05, 3.63) is 18.5 Å². The van der Waals surface area contributed by atoms with Crippen LogP contribution in [0.1, 0.15) is 0 Å². The number of thioether (sulfide) groups is 1. The lowest BCUT2D eigenvalue weighted by atomic mass is 10.7.